The van der Waals surface area contributed by atoms with Crippen molar-refractivity contribution in [3.63, 3.8) is 0 Å². The van der Waals surface area contributed by atoms with Gasteiger partial charge >= 0.3 is 4.87 Å². The highest BCUT2D eigenvalue weighted by molar-refractivity contribution is 7.02. The molecule has 0 saturated carbocycles. The summed E-state index contributed by atoms with van der Waals surface area (Å²) in [6.07, 6.45) is 5.44. The molecule has 0 bridgehead atoms. The summed E-state index contributed by atoms with van der Waals surface area (Å²) in [6.45, 7) is 2.26. The maximum Gasteiger partial charge on any atom is 0.449 e. The van der Waals surface area contributed by atoms with Crippen LogP contribution in [-0.2, 0) is 0 Å². The van der Waals surface area contributed by atoms with E-state index in [2.05, 4.69) is 8.95 Å². The van der Waals surface area contributed by atoms with Gasteiger partial charge in [0.05, 0.1) is 11.5 Å². The topological polar surface area (TPSA) is 29.0 Å². The van der Waals surface area contributed by atoms with Gasteiger partial charge in [-0.05, 0) is 6.42 Å². The van der Waals surface area contributed by atoms with Crippen molar-refractivity contribution < 1.29 is 4.42 Å². The van der Waals surface area contributed by atoms with Crippen molar-refractivity contribution >= 4 is 11.5 Å². The molecule has 1 aliphatic rings. The molecule has 0 aromatic carbocycles. The third-order valence-corrected chi connectivity index (χ3v) is 2.64. The molecule has 4 heteroatoms. The fourth-order valence-corrected chi connectivity index (χ4v) is 1.92. The zero-order chi connectivity index (χ0) is 7.52. The Hall–Kier alpha value is -0.640. The van der Waals surface area contributed by atoms with Crippen molar-refractivity contribution in [2.24, 2.45) is 0 Å². The molecule has 1 fully saturated rings. The molecule has 1 saturated heterocycles. The lowest BCUT2D eigenvalue weighted by Gasteiger charge is -2.06. The van der Waals surface area contributed by atoms with Gasteiger partial charge in [-0.3, -0.25) is 0 Å². The smallest absolute Gasteiger partial charge is 0.383 e. The predicted octanol–water partition coefficient (Wildman–Crippen LogP) is 0.692. The van der Waals surface area contributed by atoms with Crippen LogP contribution in [0.1, 0.15) is 19.3 Å². The van der Waals surface area contributed by atoms with Crippen LogP contribution in [0.15, 0.2) is 10.8 Å². The predicted molar refractivity (Wildman–Crippen MR) is 43.2 cm³/mol. The number of hydrogen-bond acceptors (Lipinski definition) is 3. The van der Waals surface area contributed by atoms with Gasteiger partial charge in [-0.25, -0.2) is 0 Å². The average molecular weight is 171 g/mol. The van der Waals surface area contributed by atoms with E-state index in [1.807, 2.05) is 0 Å². The molecule has 3 nitrogen and oxygen atoms in total. The highest BCUT2D eigenvalue weighted by atomic mass is 32.1. The van der Waals surface area contributed by atoms with E-state index in [4.69, 9.17) is 4.42 Å². The Morgan fingerprint density at radius 1 is 1.36 bits per heavy atom. The molecule has 0 spiro atoms. The minimum Gasteiger partial charge on any atom is -0.383 e. The Morgan fingerprint density at radius 2 is 2.18 bits per heavy atom. The Bertz CT molecular complexity index is 264. The molecular weight excluding hydrogens is 160 g/mol. The van der Waals surface area contributed by atoms with E-state index in [-0.39, 0.29) is 0 Å². The number of aromatic nitrogens is 1. The number of piperidine rings is 1. The van der Waals surface area contributed by atoms with E-state index in [1.54, 1.807) is 0 Å². The number of rotatable bonds is 0. The SMILES string of the molecule is c1nsc(=[N+]2CCCCC2)o1. The van der Waals surface area contributed by atoms with Crippen molar-refractivity contribution in [1.29, 1.82) is 0 Å². The van der Waals surface area contributed by atoms with E-state index in [9.17, 15) is 0 Å². The van der Waals surface area contributed by atoms with Gasteiger partial charge in [0.1, 0.15) is 13.1 Å². The fraction of sp³-hybridized carbons (Fsp3) is 0.714. The fourth-order valence-electron chi connectivity index (χ4n) is 1.36. The first kappa shape index (κ1) is 7.03. The molecule has 0 atom stereocenters. The van der Waals surface area contributed by atoms with Crippen LogP contribution in [0.25, 0.3) is 0 Å². The maximum absolute atomic E-state index is 5.21. The van der Waals surface area contributed by atoms with Crippen LogP contribution >= 0.6 is 11.5 Å². The van der Waals surface area contributed by atoms with E-state index >= 15 is 0 Å². The minimum atomic E-state index is 0.963. The second-order valence-corrected chi connectivity index (χ2v) is 3.48. The van der Waals surface area contributed by atoms with E-state index in [1.165, 1.54) is 37.2 Å². The van der Waals surface area contributed by atoms with Crippen LogP contribution in [-0.4, -0.2) is 17.5 Å². The van der Waals surface area contributed by atoms with Crippen LogP contribution in [0.3, 0.4) is 0 Å². The molecule has 0 aliphatic carbocycles. The number of nitrogens with zero attached hydrogens (tertiary/aromatic N) is 2. The van der Waals surface area contributed by atoms with E-state index in [0.29, 0.717) is 0 Å². The van der Waals surface area contributed by atoms with Crippen LogP contribution in [0.5, 0.6) is 0 Å². The highest BCUT2D eigenvalue weighted by Gasteiger charge is 2.13. The Balaban J connectivity index is 2.32. The molecular formula is C7H11N2OS+. The largest absolute Gasteiger partial charge is 0.449 e. The van der Waals surface area contributed by atoms with Crippen LogP contribution in [0.4, 0.5) is 0 Å². The summed E-state index contributed by atoms with van der Waals surface area (Å²) in [5, 5.41) is 0. The molecule has 0 amide bonds. The normalized spacial score (nSPS) is 18.7. The molecule has 2 heterocycles. The lowest BCUT2D eigenvalue weighted by Crippen LogP contribution is -2.32. The minimum absolute atomic E-state index is 0.963. The van der Waals surface area contributed by atoms with Gasteiger partial charge < -0.3 is 4.42 Å². The third-order valence-electron chi connectivity index (χ3n) is 1.94. The Labute approximate surface area is 69.2 Å². The molecule has 0 radical (unpaired) electrons. The van der Waals surface area contributed by atoms with Crippen molar-refractivity contribution in [1.82, 2.24) is 8.95 Å². The first-order chi connectivity index (χ1) is 5.47. The van der Waals surface area contributed by atoms with Gasteiger partial charge in [0.25, 0.3) is 0 Å². The van der Waals surface area contributed by atoms with Gasteiger partial charge in [0, 0.05) is 12.8 Å². The summed E-state index contributed by atoms with van der Waals surface area (Å²) >= 11 is 1.44. The third kappa shape index (κ3) is 1.50. The monoisotopic (exact) mass is 171 g/mol. The summed E-state index contributed by atoms with van der Waals surface area (Å²) in [5.41, 5.74) is 0. The highest BCUT2D eigenvalue weighted by Crippen LogP contribution is 2.01. The molecule has 0 N–H and O–H groups in total. The Kier molecular flexibility index (Phi) is 2.03. The molecule has 1 aromatic heterocycles. The molecule has 0 unspecified atom stereocenters. The maximum atomic E-state index is 5.21. The molecule has 1 aromatic rings. The van der Waals surface area contributed by atoms with Gasteiger partial charge in [-0.15, -0.1) is 0 Å². The van der Waals surface area contributed by atoms with Gasteiger partial charge in [0.2, 0.25) is 0 Å². The summed E-state index contributed by atoms with van der Waals surface area (Å²) in [4.78, 5) is 0.963. The average Bonchev–Trinajstić information content (AvgIpc) is 2.58. The first-order valence-corrected chi connectivity index (χ1v) is 4.71. The lowest BCUT2D eigenvalue weighted by molar-refractivity contribution is 0.386. The van der Waals surface area contributed by atoms with Crippen LogP contribution in [0, 0.1) is 0 Å². The number of hydrogen-bond donors (Lipinski definition) is 0. The standard InChI is InChI=1S/C7H11N2OS/c1-2-4-9(5-3-1)7-10-6-8-11-7/h6H,1-5H2/q+1. The molecule has 1 aliphatic heterocycles. The zero-order valence-corrected chi connectivity index (χ0v) is 7.14. The van der Waals surface area contributed by atoms with Gasteiger partial charge in [-0.1, -0.05) is 0 Å². The molecule has 60 valence electrons. The molecule has 11 heavy (non-hydrogen) atoms. The lowest BCUT2D eigenvalue weighted by atomic mass is 10.2. The Morgan fingerprint density at radius 3 is 2.82 bits per heavy atom. The summed E-state index contributed by atoms with van der Waals surface area (Å²) in [6, 6.07) is 0. The van der Waals surface area contributed by atoms with E-state index < -0.39 is 0 Å². The zero-order valence-electron chi connectivity index (χ0n) is 6.32. The molecule has 2 rings (SSSR count). The summed E-state index contributed by atoms with van der Waals surface area (Å²) in [5.74, 6) is 0. The summed E-state index contributed by atoms with van der Waals surface area (Å²) in [7, 11) is 0. The van der Waals surface area contributed by atoms with Gasteiger partial charge in [-0.2, -0.15) is 8.95 Å². The van der Waals surface area contributed by atoms with Crippen LogP contribution < -0.4 is 9.44 Å². The second-order valence-electron chi connectivity index (χ2n) is 2.73. The summed E-state index contributed by atoms with van der Waals surface area (Å²) < 4.78 is 11.4. The quantitative estimate of drug-likeness (QED) is 0.537. The van der Waals surface area contributed by atoms with Crippen LogP contribution in [0.2, 0.25) is 0 Å². The second kappa shape index (κ2) is 3.17. The van der Waals surface area contributed by atoms with Crippen molar-refractivity contribution in [3.05, 3.63) is 11.3 Å². The van der Waals surface area contributed by atoms with E-state index in [0.717, 1.165) is 18.0 Å². The van der Waals surface area contributed by atoms with Crippen molar-refractivity contribution in [3.8, 4) is 0 Å². The van der Waals surface area contributed by atoms with Gasteiger partial charge in [0.15, 0.2) is 6.39 Å². The first-order valence-electron chi connectivity index (χ1n) is 3.94. The van der Waals surface area contributed by atoms with Crippen molar-refractivity contribution in [2.75, 3.05) is 13.1 Å². The van der Waals surface area contributed by atoms with Crippen molar-refractivity contribution in [2.45, 2.75) is 19.3 Å².